The SMILES string of the molecule is C=CC[C@H](N)c1cccc(Br)c1. The summed E-state index contributed by atoms with van der Waals surface area (Å²) < 4.78 is 1.07. The minimum Gasteiger partial charge on any atom is -0.324 e. The maximum absolute atomic E-state index is 5.88. The molecule has 12 heavy (non-hydrogen) atoms. The van der Waals surface area contributed by atoms with E-state index in [9.17, 15) is 0 Å². The topological polar surface area (TPSA) is 26.0 Å². The van der Waals surface area contributed by atoms with E-state index in [1.165, 1.54) is 0 Å². The molecule has 0 aliphatic rings. The summed E-state index contributed by atoms with van der Waals surface area (Å²) in [5.41, 5.74) is 7.03. The first-order valence-corrected chi connectivity index (χ1v) is 4.65. The van der Waals surface area contributed by atoms with E-state index in [0.29, 0.717) is 0 Å². The molecule has 1 nitrogen and oxygen atoms in total. The normalized spacial score (nSPS) is 12.5. The van der Waals surface area contributed by atoms with Gasteiger partial charge in [0.2, 0.25) is 0 Å². The van der Waals surface area contributed by atoms with E-state index in [4.69, 9.17) is 5.73 Å². The van der Waals surface area contributed by atoms with Crippen LogP contribution in [0.3, 0.4) is 0 Å². The zero-order valence-electron chi connectivity index (χ0n) is 6.83. The lowest BCUT2D eigenvalue weighted by atomic mass is 10.1. The van der Waals surface area contributed by atoms with Crippen molar-refractivity contribution >= 4 is 15.9 Å². The molecule has 0 fully saturated rings. The summed E-state index contributed by atoms with van der Waals surface area (Å²) in [5.74, 6) is 0. The highest BCUT2D eigenvalue weighted by Crippen LogP contribution is 2.18. The molecule has 0 saturated carbocycles. The van der Waals surface area contributed by atoms with Crippen LogP contribution < -0.4 is 5.73 Å². The molecule has 0 aliphatic carbocycles. The highest BCUT2D eigenvalue weighted by Gasteiger charge is 2.02. The molecule has 64 valence electrons. The van der Waals surface area contributed by atoms with Gasteiger partial charge in [-0.25, -0.2) is 0 Å². The van der Waals surface area contributed by atoms with E-state index < -0.39 is 0 Å². The molecular weight excluding hydrogens is 214 g/mol. The van der Waals surface area contributed by atoms with Crippen LogP contribution in [0.1, 0.15) is 18.0 Å². The molecule has 0 aromatic heterocycles. The molecule has 0 unspecified atom stereocenters. The first kappa shape index (κ1) is 9.49. The quantitative estimate of drug-likeness (QED) is 0.787. The van der Waals surface area contributed by atoms with Crippen LogP contribution in [0.15, 0.2) is 41.4 Å². The number of rotatable bonds is 3. The monoisotopic (exact) mass is 225 g/mol. The summed E-state index contributed by atoms with van der Waals surface area (Å²) in [6.45, 7) is 3.66. The molecule has 0 bridgehead atoms. The van der Waals surface area contributed by atoms with E-state index in [1.54, 1.807) is 0 Å². The van der Waals surface area contributed by atoms with Crippen molar-refractivity contribution < 1.29 is 0 Å². The van der Waals surface area contributed by atoms with Crippen molar-refractivity contribution in [3.8, 4) is 0 Å². The molecule has 0 spiro atoms. The molecular formula is C10H12BrN. The maximum atomic E-state index is 5.88. The van der Waals surface area contributed by atoms with Gasteiger partial charge < -0.3 is 5.73 Å². The largest absolute Gasteiger partial charge is 0.324 e. The minimum absolute atomic E-state index is 0.0694. The summed E-state index contributed by atoms with van der Waals surface area (Å²) in [4.78, 5) is 0. The van der Waals surface area contributed by atoms with Gasteiger partial charge in [0.15, 0.2) is 0 Å². The van der Waals surface area contributed by atoms with Gasteiger partial charge in [0, 0.05) is 10.5 Å². The summed E-state index contributed by atoms with van der Waals surface area (Å²) in [6, 6.07) is 8.11. The molecule has 0 aliphatic heterocycles. The van der Waals surface area contributed by atoms with Gasteiger partial charge in [0.25, 0.3) is 0 Å². The van der Waals surface area contributed by atoms with E-state index >= 15 is 0 Å². The van der Waals surface area contributed by atoms with E-state index in [0.717, 1.165) is 16.5 Å². The van der Waals surface area contributed by atoms with Crippen molar-refractivity contribution in [3.05, 3.63) is 47.0 Å². The molecule has 1 aromatic rings. The van der Waals surface area contributed by atoms with Crippen LogP contribution in [0, 0.1) is 0 Å². The molecule has 0 amide bonds. The Morgan fingerprint density at radius 1 is 1.58 bits per heavy atom. The van der Waals surface area contributed by atoms with Crippen LogP contribution in [0.2, 0.25) is 0 Å². The fourth-order valence-electron chi connectivity index (χ4n) is 1.05. The number of benzene rings is 1. The highest BCUT2D eigenvalue weighted by atomic mass is 79.9. The Bertz CT molecular complexity index is 270. The van der Waals surface area contributed by atoms with Gasteiger partial charge in [-0.3, -0.25) is 0 Å². The second-order valence-corrected chi connectivity index (χ2v) is 3.60. The third-order valence-electron chi connectivity index (χ3n) is 1.70. The minimum atomic E-state index is 0.0694. The molecule has 0 radical (unpaired) electrons. The summed E-state index contributed by atoms with van der Waals surface area (Å²) in [5, 5.41) is 0. The van der Waals surface area contributed by atoms with Gasteiger partial charge in [-0.15, -0.1) is 6.58 Å². The second kappa shape index (κ2) is 4.43. The van der Waals surface area contributed by atoms with Crippen molar-refractivity contribution in [1.82, 2.24) is 0 Å². The van der Waals surface area contributed by atoms with Crippen LogP contribution in [-0.4, -0.2) is 0 Å². The molecule has 1 rings (SSSR count). The fourth-order valence-corrected chi connectivity index (χ4v) is 1.47. The molecule has 2 heteroatoms. The number of hydrogen-bond acceptors (Lipinski definition) is 1. The molecule has 1 atom stereocenters. The van der Waals surface area contributed by atoms with E-state index in [2.05, 4.69) is 22.5 Å². The average Bonchev–Trinajstić information content (AvgIpc) is 2.05. The van der Waals surface area contributed by atoms with E-state index in [1.807, 2.05) is 30.3 Å². The Kier molecular flexibility index (Phi) is 3.50. The van der Waals surface area contributed by atoms with Crippen LogP contribution in [0.25, 0.3) is 0 Å². The summed E-state index contributed by atoms with van der Waals surface area (Å²) in [7, 11) is 0. The van der Waals surface area contributed by atoms with Crippen LogP contribution in [0.5, 0.6) is 0 Å². The lowest BCUT2D eigenvalue weighted by molar-refractivity contribution is 0.741. The Morgan fingerprint density at radius 2 is 2.33 bits per heavy atom. The van der Waals surface area contributed by atoms with Crippen molar-refractivity contribution in [1.29, 1.82) is 0 Å². The standard InChI is InChI=1S/C10H12BrN/c1-2-4-10(12)8-5-3-6-9(11)7-8/h2-3,5-7,10H,1,4,12H2/t10-/m0/s1. The Balaban J connectivity index is 2.80. The van der Waals surface area contributed by atoms with Crippen molar-refractivity contribution in [2.24, 2.45) is 5.73 Å². The third-order valence-corrected chi connectivity index (χ3v) is 2.19. The molecule has 1 aromatic carbocycles. The summed E-state index contributed by atoms with van der Waals surface area (Å²) in [6.07, 6.45) is 2.65. The Hall–Kier alpha value is -0.600. The zero-order chi connectivity index (χ0) is 8.97. The highest BCUT2D eigenvalue weighted by molar-refractivity contribution is 9.10. The Labute approximate surface area is 81.4 Å². The van der Waals surface area contributed by atoms with Crippen LogP contribution in [-0.2, 0) is 0 Å². The Morgan fingerprint density at radius 3 is 2.92 bits per heavy atom. The summed E-state index contributed by atoms with van der Waals surface area (Å²) >= 11 is 3.40. The van der Waals surface area contributed by atoms with E-state index in [-0.39, 0.29) is 6.04 Å². The second-order valence-electron chi connectivity index (χ2n) is 2.69. The van der Waals surface area contributed by atoms with Gasteiger partial charge in [0.1, 0.15) is 0 Å². The average molecular weight is 226 g/mol. The maximum Gasteiger partial charge on any atom is 0.0330 e. The fraction of sp³-hybridized carbons (Fsp3) is 0.200. The molecule has 0 heterocycles. The van der Waals surface area contributed by atoms with Gasteiger partial charge in [-0.1, -0.05) is 34.1 Å². The van der Waals surface area contributed by atoms with Crippen LogP contribution >= 0.6 is 15.9 Å². The van der Waals surface area contributed by atoms with Crippen LogP contribution in [0.4, 0.5) is 0 Å². The van der Waals surface area contributed by atoms with Gasteiger partial charge in [-0.05, 0) is 24.1 Å². The molecule has 2 N–H and O–H groups in total. The molecule has 0 saturated heterocycles. The van der Waals surface area contributed by atoms with Gasteiger partial charge >= 0.3 is 0 Å². The predicted molar refractivity (Wildman–Crippen MR) is 55.9 cm³/mol. The zero-order valence-corrected chi connectivity index (χ0v) is 8.42. The van der Waals surface area contributed by atoms with Crippen molar-refractivity contribution in [2.45, 2.75) is 12.5 Å². The predicted octanol–water partition coefficient (Wildman–Crippen LogP) is 3.03. The number of halogens is 1. The lowest BCUT2D eigenvalue weighted by Crippen LogP contribution is -2.08. The smallest absolute Gasteiger partial charge is 0.0330 e. The first-order chi connectivity index (χ1) is 5.74. The van der Waals surface area contributed by atoms with Gasteiger partial charge in [-0.2, -0.15) is 0 Å². The number of nitrogens with two attached hydrogens (primary N) is 1. The van der Waals surface area contributed by atoms with Crippen molar-refractivity contribution in [3.63, 3.8) is 0 Å². The first-order valence-electron chi connectivity index (χ1n) is 3.86. The number of hydrogen-bond donors (Lipinski definition) is 1. The third kappa shape index (κ3) is 2.47. The lowest BCUT2D eigenvalue weighted by Gasteiger charge is -2.08. The van der Waals surface area contributed by atoms with Gasteiger partial charge in [0.05, 0.1) is 0 Å². The van der Waals surface area contributed by atoms with Crippen molar-refractivity contribution in [2.75, 3.05) is 0 Å².